The summed E-state index contributed by atoms with van der Waals surface area (Å²) in [6, 6.07) is 11.8. The Morgan fingerprint density at radius 2 is 1.77 bits per heavy atom. The predicted octanol–water partition coefficient (Wildman–Crippen LogP) is 5.30. The fourth-order valence-electron chi connectivity index (χ4n) is 2.11. The Labute approximate surface area is 177 Å². The van der Waals surface area contributed by atoms with Crippen LogP contribution in [0.1, 0.15) is 15.9 Å². The molecule has 1 heterocycles. The van der Waals surface area contributed by atoms with Crippen LogP contribution < -0.4 is 5.43 Å². The minimum Gasteiger partial charge on any atom is -0.267 e. The Balaban J connectivity index is 1.82. The number of halogens is 3. The minimum absolute atomic E-state index is 0.217. The number of nitrogens with one attached hydrogen (secondary N) is 1. The SMILES string of the molecule is O=C(NN1C(=O)/C(=C\c2c(Cl)cccc2Cl)SC1=S)c1ccc(Br)cc1. The summed E-state index contributed by atoms with van der Waals surface area (Å²) in [5.74, 6) is -0.882. The van der Waals surface area contributed by atoms with Crippen molar-refractivity contribution in [2.45, 2.75) is 0 Å². The standard InChI is InChI=1S/C17H9BrCl2N2O2S2/c18-10-6-4-9(5-7-10)15(23)21-22-16(24)14(26-17(22)25)8-11-12(19)2-1-3-13(11)20/h1-8H,(H,21,23)/b14-8+. The fraction of sp³-hybridized carbons (Fsp3) is 0. The van der Waals surface area contributed by atoms with E-state index in [9.17, 15) is 9.59 Å². The third-order valence-corrected chi connectivity index (χ3v) is 5.88. The zero-order valence-corrected chi connectivity index (χ0v) is 17.6. The van der Waals surface area contributed by atoms with Gasteiger partial charge in [-0.3, -0.25) is 15.0 Å². The van der Waals surface area contributed by atoms with E-state index in [4.69, 9.17) is 35.4 Å². The van der Waals surface area contributed by atoms with Crippen molar-refractivity contribution >= 4 is 85.3 Å². The molecule has 0 unspecified atom stereocenters. The number of nitrogens with zero attached hydrogens (tertiary/aromatic N) is 1. The van der Waals surface area contributed by atoms with Gasteiger partial charge in [0.25, 0.3) is 11.8 Å². The normalized spacial score (nSPS) is 15.7. The van der Waals surface area contributed by atoms with Crippen LogP contribution in [-0.4, -0.2) is 21.1 Å². The lowest BCUT2D eigenvalue weighted by Crippen LogP contribution is -2.44. The number of hydrazine groups is 1. The summed E-state index contributed by atoms with van der Waals surface area (Å²) < 4.78 is 1.06. The van der Waals surface area contributed by atoms with Crippen LogP contribution in [0, 0.1) is 0 Å². The molecule has 3 rings (SSSR count). The maximum atomic E-state index is 12.6. The molecule has 1 aliphatic rings. The van der Waals surface area contributed by atoms with Gasteiger partial charge < -0.3 is 0 Å². The van der Waals surface area contributed by atoms with Gasteiger partial charge in [-0.05, 0) is 54.7 Å². The molecule has 9 heteroatoms. The number of amides is 2. The van der Waals surface area contributed by atoms with Crippen molar-refractivity contribution in [1.29, 1.82) is 0 Å². The van der Waals surface area contributed by atoms with Crippen LogP contribution in [0.4, 0.5) is 0 Å². The van der Waals surface area contributed by atoms with Crippen molar-refractivity contribution in [3.63, 3.8) is 0 Å². The van der Waals surface area contributed by atoms with E-state index in [1.807, 2.05) is 0 Å². The van der Waals surface area contributed by atoms with E-state index in [1.54, 1.807) is 48.5 Å². The molecule has 1 aliphatic heterocycles. The summed E-state index contributed by atoms with van der Waals surface area (Å²) in [5.41, 5.74) is 3.45. The Hall–Kier alpha value is -1.38. The Bertz CT molecular complexity index is 928. The van der Waals surface area contributed by atoms with Crippen LogP contribution in [0.15, 0.2) is 51.8 Å². The van der Waals surface area contributed by atoms with Crippen molar-refractivity contribution in [3.8, 4) is 0 Å². The number of carbonyl (C=O) groups is 2. The van der Waals surface area contributed by atoms with Crippen molar-refractivity contribution < 1.29 is 9.59 Å². The lowest BCUT2D eigenvalue weighted by molar-refractivity contribution is -0.123. The molecule has 0 spiro atoms. The monoisotopic (exact) mass is 486 g/mol. The Morgan fingerprint density at radius 1 is 1.15 bits per heavy atom. The number of hydrogen-bond donors (Lipinski definition) is 1. The van der Waals surface area contributed by atoms with E-state index in [0.717, 1.165) is 21.2 Å². The molecule has 2 aromatic carbocycles. The van der Waals surface area contributed by atoms with Gasteiger partial charge in [0, 0.05) is 25.6 Å². The van der Waals surface area contributed by atoms with Crippen molar-refractivity contribution in [2.75, 3.05) is 0 Å². The highest BCUT2D eigenvalue weighted by Crippen LogP contribution is 2.35. The van der Waals surface area contributed by atoms with Gasteiger partial charge in [-0.1, -0.05) is 57.0 Å². The molecule has 2 aromatic rings. The molecule has 0 saturated carbocycles. The highest BCUT2D eigenvalue weighted by atomic mass is 79.9. The number of benzene rings is 2. The second kappa shape index (κ2) is 8.10. The summed E-state index contributed by atoms with van der Waals surface area (Å²) in [5, 5.41) is 1.88. The van der Waals surface area contributed by atoms with E-state index >= 15 is 0 Å². The lowest BCUT2D eigenvalue weighted by Gasteiger charge is -2.15. The summed E-state index contributed by atoms with van der Waals surface area (Å²) >= 11 is 21.8. The largest absolute Gasteiger partial charge is 0.285 e. The van der Waals surface area contributed by atoms with E-state index in [-0.39, 0.29) is 4.32 Å². The third-order valence-electron chi connectivity index (χ3n) is 3.39. The summed E-state index contributed by atoms with van der Waals surface area (Å²) in [6.45, 7) is 0. The molecule has 2 amide bonds. The van der Waals surface area contributed by atoms with Gasteiger partial charge in [-0.2, -0.15) is 5.01 Å². The van der Waals surface area contributed by atoms with Crippen molar-refractivity contribution in [2.24, 2.45) is 0 Å². The van der Waals surface area contributed by atoms with Gasteiger partial charge in [0.2, 0.25) is 0 Å². The van der Waals surface area contributed by atoms with Crippen molar-refractivity contribution in [1.82, 2.24) is 10.4 Å². The quantitative estimate of drug-likeness (QED) is 0.471. The summed E-state index contributed by atoms with van der Waals surface area (Å²) in [7, 11) is 0. The van der Waals surface area contributed by atoms with E-state index in [0.29, 0.717) is 26.1 Å². The third kappa shape index (κ3) is 4.13. The first-order chi connectivity index (χ1) is 12.4. The maximum Gasteiger partial charge on any atom is 0.285 e. The van der Waals surface area contributed by atoms with Crippen LogP contribution in [0.2, 0.25) is 10.0 Å². The highest BCUT2D eigenvalue weighted by Gasteiger charge is 2.34. The molecule has 0 radical (unpaired) electrons. The topological polar surface area (TPSA) is 49.4 Å². The van der Waals surface area contributed by atoms with Crippen LogP contribution in [-0.2, 0) is 4.79 Å². The van der Waals surface area contributed by atoms with Gasteiger partial charge in [0.1, 0.15) is 0 Å². The number of carbonyl (C=O) groups excluding carboxylic acids is 2. The first kappa shape index (κ1) is 19.4. The van der Waals surface area contributed by atoms with E-state index < -0.39 is 11.8 Å². The van der Waals surface area contributed by atoms with Crippen LogP contribution in [0.5, 0.6) is 0 Å². The molecule has 1 saturated heterocycles. The maximum absolute atomic E-state index is 12.6. The van der Waals surface area contributed by atoms with E-state index in [2.05, 4.69) is 21.4 Å². The van der Waals surface area contributed by atoms with Gasteiger partial charge in [0.05, 0.1) is 4.91 Å². The van der Waals surface area contributed by atoms with Gasteiger partial charge in [0.15, 0.2) is 4.32 Å². The summed E-state index contributed by atoms with van der Waals surface area (Å²) in [4.78, 5) is 25.3. The molecule has 1 N–H and O–H groups in total. The Morgan fingerprint density at radius 3 is 2.38 bits per heavy atom. The Kier molecular flexibility index (Phi) is 6.04. The van der Waals surface area contributed by atoms with Gasteiger partial charge in [-0.25, -0.2) is 0 Å². The predicted molar refractivity (Wildman–Crippen MR) is 113 cm³/mol. The lowest BCUT2D eigenvalue weighted by atomic mass is 10.2. The second-order valence-corrected chi connectivity index (χ2v) is 8.51. The number of thiocarbonyl (C=S) groups is 1. The average molecular weight is 488 g/mol. The average Bonchev–Trinajstić information content (AvgIpc) is 2.86. The van der Waals surface area contributed by atoms with Crippen LogP contribution >= 0.6 is 63.1 Å². The molecule has 132 valence electrons. The summed E-state index contributed by atoms with van der Waals surface area (Å²) in [6.07, 6.45) is 1.57. The molecule has 4 nitrogen and oxygen atoms in total. The highest BCUT2D eigenvalue weighted by molar-refractivity contribution is 9.10. The van der Waals surface area contributed by atoms with E-state index in [1.165, 1.54) is 0 Å². The first-order valence-corrected chi connectivity index (χ1v) is 9.92. The minimum atomic E-state index is -0.443. The number of thioether (sulfide) groups is 1. The van der Waals surface area contributed by atoms with Gasteiger partial charge >= 0.3 is 0 Å². The number of hydrogen-bond acceptors (Lipinski definition) is 4. The van der Waals surface area contributed by atoms with Crippen molar-refractivity contribution in [3.05, 3.63) is 73.0 Å². The van der Waals surface area contributed by atoms with Crippen LogP contribution in [0.25, 0.3) is 6.08 Å². The first-order valence-electron chi connectivity index (χ1n) is 7.15. The molecular formula is C17H9BrCl2N2O2S2. The zero-order valence-electron chi connectivity index (χ0n) is 12.8. The molecular weight excluding hydrogens is 479 g/mol. The zero-order chi connectivity index (χ0) is 18.8. The van der Waals surface area contributed by atoms with Crippen LogP contribution in [0.3, 0.4) is 0 Å². The molecule has 26 heavy (non-hydrogen) atoms. The second-order valence-electron chi connectivity index (χ2n) is 5.10. The fourth-order valence-corrected chi connectivity index (χ4v) is 4.04. The number of rotatable bonds is 3. The molecule has 0 aromatic heterocycles. The molecule has 0 aliphatic carbocycles. The molecule has 0 atom stereocenters. The molecule has 0 bridgehead atoms. The smallest absolute Gasteiger partial charge is 0.267 e. The molecule has 1 fully saturated rings. The van der Waals surface area contributed by atoms with Gasteiger partial charge in [-0.15, -0.1) is 0 Å².